The lowest BCUT2D eigenvalue weighted by molar-refractivity contribution is -0.142. The van der Waals surface area contributed by atoms with Crippen LogP contribution >= 0.6 is 0 Å². The molecule has 0 bridgehead atoms. The van der Waals surface area contributed by atoms with Gasteiger partial charge in [-0.3, -0.25) is 9.52 Å². The Hall–Kier alpha value is -1.76. The van der Waals surface area contributed by atoms with Crippen LogP contribution in [0.15, 0.2) is 12.1 Å². The first-order chi connectivity index (χ1) is 9.25. The number of phenolic OH excluding ortho intramolecular Hbond substituents is 1. The molecule has 1 rings (SSSR count). The average Bonchev–Trinajstić information content (AvgIpc) is 2.34. The van der Waals surface area contributed by atoms with Crippen LogP contribution in [-0.4, -0.2) is 31.9 Å². The summed E-state index contributed by atoms with van der Waals surface area (Å²) in [5.74, 6) is -0.779. The number of aryl methyl sites for hydroxylation is 2. The molecule has 0 radical (unpaired) electrons. The van der Waals surface area contributed by atoms with Gasteiger partial charge in [0.1, 0.15) is 5.75 Å². The summed E-state index contributed by atoms with van der Waals surface area (Å²) >= 11 is 0. The summed E-state index contributed by atoms with van der Waals surface area (Å²) in [5.41, 5.74) is 1.57. The van der Waals surface area contributed by atoms with Gasteiger partial charge >= 0.3 is 5.97 Å². The smallest absolute Gasteiger partial charge is 0.306 e. The number of phenols is 1. The average molecular weight is 301 g/mol. The number of aromatic hydroxyl groups is 1. The monoisotopic (exact) mass is 301 g/mol. The third-order valence-electron chi connectivity index (χ3n) is 2.69. The maximum absolute atomic E-state index is 11.9. The fourth-order valence-corrected chi connectivity index (χ4v) is 2.67. The van der Waals surface area contributed by atoms with Crippen molar-refractivity contribution in [1.82, 2.24) is 0 Å². The van der Waals surface area contributed by atoms with Crippen LogP contribution in [0.5, 0.6) is 5.75 Å². The predicted molar refractivity (Wildman–Crippen MR) is 76.2 cm³/mol. The Morgan fingerprint density at radius 1 is 1.30 bits per heavy atom. The van der Waals surface area contributed by atoms with Crippen molar-refractivity contribution in [2.45, 2.75) is 27.2 Å². The van der Waals surface area contributed by atoms with Gasteiger partial charge < -0.3 is 9.84 Å². The second-order valence-electron chi connectivity index (χ2n) is 4.43. The van der Waals surface area contributed by atoms with E-state index in [-0.39, 0.29) is 24.5 Å². The number of nitrogens with one attached hydrogen (secondary N) is 1. The molecule has 20 heavy (non-hydrogen) atoms. The van der Waals surface area contributed by atoms with E-state index in [2.05, 4.69) is 9.46 Å². The molecule has 2 N–H and O–H groups in total. The fourth-order valence-electron chi connectivity index (χ4n) is 1.58. The van der Waals surface area contributed by atoms with Crippen molar-refractivity contribution in [3.05, 3.63) is 23.3 Å². The van der Waals surface area contributed by atoms with Crippen molar-refractivity contribution in [3.8, 4) is 5.75 Å². The van der Waals surface area contributed by atoms with Gasteiger partial charge in [-0.2, -0.15) is 0 Å². The molecule has 7 heteroatoms. The minimum absolute atomic E-state index is 0.108. The van der Waals surface area contributed by atoms with Crippen LogP contribution in [0, 0.1) is 13.8 Å². The van der Waals surface area contributed by atoms with E-state index < -0.39 is 16.0 Å². The summed E-state index contributed by atoms with van der Waals surface area (Å²) in [6.07, 6.45) is -0.195. The minimum atomic E-state index is -3.63. The number of carbonyl (C=O) groups excluding carboxylic acids is 1. The second-order valence-corrected chi connectivity index (χ2v) is 6.27. The zero-order valence-electron chi connectivity index (χ0n) is 11.8. The fraction of sp³-hybridized carbons (Fsp3) is 0.462. The summed E-state index contributed by atoms with van der Waals surface area (Å²) in [4.78, 5) is 11.2. The van der Waals surface area contributed by atoms with Crippen LogP contribution in [0.3, 0.4) is 0 Å². The largest absolute Gasteiger partial charge is 0.508 e. The number of hydrogen-bond acceptors (Lipinski definition) is 5. The van der Waals surface area contributed by atoms with Crippen molar-refractivity contribution in [1.29, 1.82) is 0 Å². The molecule has 0 fully saturated rings. The maximum atomic E-state index is 11.9. The molecule has 0 aliphatic rings. The molecule has 0 spiro atoms. The molecular weight excluding hydrogens is 282 g/mol. The van der Waals surface area contributed by atoms with Gasteiger partial charge in [0.25, 0.3) is 0 Å². The van der Waals surface area contributed by atoms with E-state index in [1.165, 1.54) is 6.07 Å². The van der Waals surface area contributed by atoms with Crippen molar-refractivity contribution in [2.24, 2.45) is 0 Å². The van der Waals surface area contributed by atoms with E-state index in [1.54, 1.807) is 26.8 Å². The first-order valence-electron chi connectivity index (χ1n) is 6.21. The van der Waals surface area contributed by atoms with Crippen molar-refractivity contribution < 1.29 is 23.1 Å². The summed E-state index contributed by atoms with van der Waals surface area (Å²) in [7, 11) is -3.63. The summed E-state index contributed by atoms with van der Waals surface area (Å²) < 4.78 is 30.8. The molecule has 0 heterocycles. The Labute approximate surface area is 118 Å². The molecule has 0 aromatic heterocycles. The Balaban J connectivity index is 2.76. The standard InChI is InChI=1S/C13H19NO5S/c1-4-19-13(16)5-6-20(17,18)14-11-7-10(3)12(15)8-9(11)2/h7-8,14-15H,4-6H2,1-3H3. The number of hydrogen-bond donors (Lipinski definition) is 2. The highest BCUT2D eigenvalue weighted by atomic mass is 32.2. The van der Waals surface area contributed by atoms with Gasteiger partial charge in [-0.15, -0.1) is 0 Å². The minimum Gasteiger partial charge on any atom is -0.508 e. The number of sulfonamides is 1. The third kappa shape index (κ3) is 4.73. The summed E-state index contributed by atoms with van der Waals surface area (Å²) in [6, 6.07) is 3.03. The quantitative estimate of drug-likeness (QED) is 0.616. The van der Waals surface area contributed by atoms with Crippen LogP contribution < -0.4 is 4.72 Å². The van der Waals surface area contributed by atoms with Gasteiger partial charge in [0.2, 0.25) is 10.0 Å². The van der Waals surface area contributed by atoms with E-state index in [1.807, 2.05) is 0 Å². The van der Waals surface area contributed by atoms with Crippen LogP contribution in [0.1, 0.15) is 24.5 Å². The molecule has 0 unspecified atom stereocenters. The Morgan fingerprint density at radius 3 is 2.55 bits per heavy atom. The summed E-state index contributed by atoms with van der Waals surface area (Å²) in [5, 5.41) is 9.52. The number of benzene rings is 1. The van der Waals surface area contributed by atoms with Gasteiger partial charge in [-0.1, -0.05) is 0 Å². The highest BCUT2D eigenvalue weighted by Crippen LogP contribution is 2.25. The maximum Gasteiger partial charge on any atom is 0.306 e. The van der Waals surface area contributed by atoms with Gasteiger partial charge in [-0.05, 0) is 44.0 Å². The van der Waals surface area contributed by atoms with Crippen LogP contribution in [-0.2, 0) is 19.6 Å². The lowest BCUT2D eigenvalue weighted by Crippen LogP contribution is -2.20. The molecule has 0 aliphatic carbocycles. The number of esters is 1. The van der Waals surface area contributed by atoms with E-state index in [0.29, 0.717) is 16.8 Å². The Kier molecular flexibility index (Phi) is 5.38. The first kappa shape index (κ1) is 16.3. The highest BCUT2D eigenvalue weighted by Gasteiger charge is 2.15. The summed E-state index contributed by atoms with van der Waals surface area (Å²) in [6.45, 7) is 5.24. The number of anilines is 1. The SMILES string of the molecule is CCOC(=O)CCS(=O)(=O)Nc1cc(C)c(O)cc1C. The van der Waals surface area contributed by atoms with Gasteiger partial charge in [0.05, 0.1) is 24.5 Å². The molecule has 112 valence electrons. The van der Waals surface area contributed by atoms with Crippen LogP contribution in [0.2, 0.25) is 0 Å². The second kappa shape index (κ2) is 6.60. The molecule has 1 aromatic rings. The molecule has 0 atom stereocenters. The Morgan fingerprint density at radius 2 is 1.95 bits per heavy atom. The lowest BCUT2D eigenvalue weighted by atomic mass is 10.1. The van der Waals surface area contributed by atoms with Gasteiger partial charge in [0.15, 0.2) is 0 Å². The molecule has 0 saturated carbocycles. The molecule has 0 aliphatic heterocycles. The van der Waals surface area contributed by atoms with Crippen LogP contribution in [0.4, 0.5) is 5.69 Å². The predicted octanol–water partition coefficient (Wildman–Crippen LogP) is 1.70. The van der Waals surface area contributed by atoms with Gasteiger partial charge in [-0.25, -0.2) is 8.42 Å². The van der Waals surface area contributed by atoms with Crippen molar-refractivity contribution in [2.75, 3.05) is 17.1 Å². The zero-order valence-corrected chi connectivity index (χ0v) is 12.6. The molecule has 6 nitrogen and oxygen atoms in total. The molecule has 1 aromatic carbocycles. The van der Waals surface area contributed by atoms with E-state index >= 15 is 0 Å². The zero-order chi connectivity index (χ0) is 15.3. The molecular formula is C13H19NO5S. The third-order valence-corrected chi connectivity index (χ3v) is 3.96. The lowest BCUT2D eigenvalue weighted by Gasteiger charge is -2.12. The number of ether oxygens (including phenoxy) is 1. The topological polar surface area (TPSA) is 92.7 Å². The molecule has 0 amide bonds. The van der Waals surface area contributed by atoms with E-state index in [9.17, 15) is 18.3 Å². The first-order valence-corrected chi connectivity index (χ1v) is 7.86. The van der Waals surface area contributed by atoms with Crippen LogP contribution in [0.25, 0.3) is 0 Å². The van der Waals surface area contributed by atoms with Crippen molar-refractivity contribution >= 4 is 21.7 Å². The molecule has 0 saturated heterocycles. The van der Waals surface area contributed by atoms with E-state index in [4.69, 9.17) is 0 Å². The normalized spacial score (nSPS) is 11.2. The van der Waals surface area contributed by atoms with Crippen molar-refractivity contribution in [3.63, 3.8) is 0 Å². The number of carbonyl (C=O) groups is 1. The van der Waals surface area contributed by atoms with Gasteiger partial charge in [0, 0.05) is 0 Å². The number of rotatable bonds is 6. The van der Waals surface area contributed by atoms with E-state index in [0.717, 1.165) is 0 Å². The highest BCUT2D eigenvalue weighted by molar-refractivity contribution is 7.92. The Bertz CT molecular complexity index is 595.